The normalized spacial score (nSPS) is 10.7. The summed E-state index contributed by atoms with van der Waals surface area (Å²) in [5, 5.41) is 5.97. The lowest BCUT2D eigenvalue weighted by Crippen LogP contribution is -2.34. The lowest BCUT2D eigenvalue weighted by Gasteiger charge is -2.13. The summed E-state index contributed by atoms with van der Waals surface area (Å²) in [6, 6.07) is 16.7. The number of aromatic nitrogens is 1. The second kappa shape index (κ2) is 9.93. The summed E-state index contributed by atoms with van der Waals surface area (Å²) in [5.74, 6) is 1.16. The van der Waals surface area contributed by atoms with Crippen molar-refractivity contribution in [1.29, 1.82) is 0 Å². The fourth-order valence-electron chi connectivity index (χ4n) is 3.51. The number of rotatable bonds is 6. The Balaban J connectivity index is 1.51. The molecule has 1 amide bonds. The number of oxazole rings is 1. The summed E-state index contributed by atoms with van der Waals surface area (Å²) in [6.45, 7) is 4.05. The Morgan fingerprint density at radius 1 is 1.03 bits per heavy atom. The summed E-state index contributed by atoms with van der Waals surface area (Å²) in [4.78, 5) is 17.3. The summed E-state index contributed by atoms with van der Waals surface area (Å²) in [6.07, 6.45) is 0.934. The molecule has 4 aromatic rings. The standard InChI is InChI=1S/C26H25N3O4S/c1-5-16-7-10-21-20(12-16)27-25(33-21)18-8-6-15(2)19(13-18)28-26(34)29-24(30)17-9-11-22(31-3)23(14-17)32-4/h6-14H,5H2,1-4H3,(H2,28,29,30,34). The Kier molecular flexibility index (Phi) is 6.79. The van der Waals surface area contributed by atoms with Crippen molar-refractivity contribution >= 4 is 40.0 Å². The van der Waals surface area contributed by atoms with Gasteiger partial charge in [0.2, 0.25) is 5.89 Å². The summed E-state index contributed by atoms with van der Waals surface area (Å²) < 4.78 is 16.4. The lowest BCUT2D eigenvalue weighted by atomic mass is 10.1. The van der Waals surface area contributed by atoms with E-state index < -0.39 is 0 Å². The number of nitrogens with zero attached hydrogens (tertiary/aromatic N) is 1. The van der Waals surface area contributed by atoms with Crippen molar-refractivity contribution in [3.63, 3.8) is 0 Å². The average Bonchev–Trinajstić information content (AvgIpc) is 3.28. The van der Waals surface area contributed by atoms with Crippen LogP contribution < -0.4 is 20.1 Å². The first-order valence-corrected chi connectivity index (χ1v) is 11.2. The minimum absolute atomic E-state index is 0.171. The lowest BCUT2D eigenvalue weighted by molar-refractivity contribution is 0.0977. The van der Waals surface area contributed by atoms with Crippen molar-refractivity contribution < 1.29 is 18.7 Å². The molecule has 0 fully saturated rings. The third-order valence-electron chi connectivity index (χ3n) is 5.47. The van der Waals surface area contributed by atoms with Crippen LogP contribution in [0.1, 0.15) is 28.4 Å². The van der Waals surface area contributed by atoms with Gasteiger partial charge in [-0.1, -0.05) is 19.1 Å². The van der Waals surface area contributed by atoms with Crippen molar-refractivity contribution in [2.75, 3.05) is 19.5 Å². The van der Waals surface area contributed by atoms with Gasteiger partial charge in [-0.05, 0) is 79.2 Å². The van der Waals surface area contributed by atoms with Gasteiger partial charge in [0.05, 0.1) is 14.2 Å². The maximum Gasteiger partial charge on any atom is 0.257 e. The molecule has 2 N–H and O–H groups in total. The molecule has 0 bridgehead atoms. The molecule has 1 heterocycles. The molecule has 0 spiro atoms. The molecule has 1 aromatic heterocycles. The third kappa shape index (κ3) is 4.87. The molecule has 8 heteroatoms. The van der Waals surface area contributed by atoms with Crippen molar-refractivity contribution in [1.82, 2.24) is 10.3 Å². The molecule has 34 heavy (non-hydrogen) atoms. The van der Waals surface area contributed by atoms with Crippen LogP contribution >= 0.6 is 12.2 Å². The number of benzene rings is 3. The molecular weight excluding hydrogens is 450 g/mol. The van der Waals surface area contributed by atoms with Crippen LogP contribution in [0, 0.1) is 6.92 Å². The van der Waals surface area contributed by atoms with E-state index in [1.54, 1.807) is 18.2 Å². The maximum atomic E-state index is 12.7. The smallest absolute Gasteiger partial charge is 0.257 e. The Morgan fingerprint density at radius 3 is 2.56 bits per heavy atom. The second-order valence-corrected chi connectivity index (χ2v) is 8.09. The largest absolute Gasteiger partial charge is 0.493 e. The number of nitrogens with one attached hydrogen (secondary N) is 2. The van der Waals surface area contributed by atoms with Gasteiger partial charge in [0.15, 0.2) is 22.2 Å². The van der Waals surface area contributed by atoms with Gasteiger partial charge in [-0.3, -0.25) is 10.1 Å². The average molecular weight is 476 g/mol. The highest BCUT2D eigenvalue weighted by Crippen LogP contribution is 2.29. The van der Waals surface area contributed by atoms with Crippen LogP contribution in [0.4, 0.5) is 5.69 Å². The van der Waals surface area contributed by atoms with Gasteiger partial charge in [-0.15, -0.1) is 0 Å². The topological polar surface area (TPSA) is 85.6 Å². The number of hydrogen-bond acceptors (Lipinski definition) is 6. The van der Waals surface area contributed by atoms with Crippen LogP contribution in [-0.4, -0.2) is 30.2 Å². The van der Waals surface area contributed by atoms with Gasteiger partial charge >= 0.3 is 0 Å². The number of anilines is 1. The minimum Gasteiger partial charge on any atom is -0.493 e. The maximum absolute atomic E-state index is 12.7. The number of thiocarbonyl (C=S) groups is 1. The Labute approximate surface area is 203 Å². The number of carbonyl (C=O) groups excluding carboxylic acids is 1. The van der Waals surface area contributed by atoms with Crippen molar-refractivity contribution in [2.24, 2.45) is 0 Å². The molecule has 0 saturated heterocycles. The fourth-order valence-corrected chi connectivity index (χ4v) is 3.72. The van der Waals surface area contributed by atoms with Crippen LogP contribution in [0.5, 0.6) is 11.5 Å². The molecule has 0 unspecified atom stereocenters. The number of amides is 1. The highest BCUT2D eigenvalue weighted by atomic mass is 32.1. The van der Waals surface area contributed by atoms with E-state index in [0.717, 1.165) is 34.3 Å². The summed E-state index contributed by atoms with van der Waals surface area (Å²) in [5.41, 5.74) is 5.65. The Morgan fingerprint density at radius 2 is 1.82 bits per heavy atom. The van der Waals surface area contributed by atoms with Crippen LogP contribution in [0.3, 0.4) is 0 Å². The van der Waals surface area contributed by atoms with Crippen molar-refractivity contribution in [3.8, 4) is 23.0 Å². The van der Waals surface area contributed by atoms with Crippen molar-refractivity contribution in [3.05, 3.63) is 71.3 Å². The van der Waals surface area contributed by atoms with Crippen molar-refractivity contribution in [2.45, 2.75) is 20.3 Å². The van der Waals surface area contributed by atoms with E-state index in [9.17, 15) is 4.79 Å². The van der Waals surface area contributed by atoms with E-state index in [2.05, 4.69) is 22.5 Å². The number of methoxy groups -OCH3 is 2. The van der Waals surface area contributed by atoms with Crippen LogP contribution in [0.25, 0.3) is 22.6 Å². The van der Waals surface area contributed by atoms with Gasteiger partial charge in [-0.2, -0.15) is 0 Å². The van der Waals surface area contributed by atoms with E-state index in [1.807, 2.05) is 43.3 Å². The van der Waals surface area contributed by atoms with E-state index in [-0.39, 0.29) is 11.0 Å². The van der Waals surface area contributed by atoms with Gasteiger partial charge in [-0.25, -0.2) is 4.98 Å². The molecule has 7 nitrogen and oxygen atoms in total. The number of aryl methyl sites for hydroxylation is 2. The van der Waals surface area contributed by atoms with Crippen LogP contribution in [-0.2, 0) is 6.42 Å². The number of carbonyl (C=O) groups is 1. The first kappa shape index (κ1) is 23.3. The summed E-state index contributed by atoms with van der Waals surface area (Å²) >= 11 is 5.38. The van der Waals surface area contributed by atoms with E-state index in [4.69, 9.17) is 26.1 Å². The Bertz CT molecular complexity index is 1380. The fraction of sp³-hybridized carbons (Fsp3) is 0.192. The van der Waals surface area contributed by atoms with E-state index in [0.29, 0.717) is 23.0 Å². The zero-order chi connectivity index (χ0) is 24.2. The van der Waals surface area contributed by atoms with Gasteiger partial charge in [0.25, 0.3) is 5.91 Å². The van der Waals surface area contributed by atoms with Crippen LogP contribution in [0.2, 0.25) is 0 Å². The van der Waals surface area contributed by atoms with E-state index >= 15 is 0 Å². The monoisotopic (exact) mass is 475 g/mol. The molecule has 0 saturated carbocycles. The molecule has 4 rings (SSSR count). The zero-order valence-corrected chi connectivity index (χ0v) is 20.2. The Hall–Kier alpha value is -3.91. The van der Waals surface area contributed by atoms with Gasteiger partial charge in [0, 0.05) is 16.8 Å². The molecule has 0 aliphatic carbocycles. The second-order valence-electron chi connectivity index (χ2n) is 7.68. The molecule has 174 valence electrons. The predicted octanol–water partition coefficient (Wildman–Crippen LogP) is 5.51. The van der Waals surface area contributed by atoms with Gasteiger partial charge in [0.1, 0.15) is 5.52 Å². The predicted molar refractivity (Wildman–Crippen MR) is 137 cm³/mol. The quantitative estimate of drug-likeness (QED) is 0.356. The SMILES string of the molecule is CCc1ccc2oc(-c3ccc(C)c(NC(=S)NC(=O)c4ccc(OC)c(OC)c4)c3)nc2c1. The third-order valence-corrected chi connectivity index (χ3v) is 5.67. The molecule has 3 aromatic carbocycles. The highest BCUT2D eigenvalue weighted by Gasteiger charge is 2.14. The molecule has 0 atom stereocenters. The number of fused-ring (bicyclic) bond motifs is 1. The molecule has 0 aliphatic heterocycles. The first-order valence-electron chi connectivity index (χ1n) is 10.8. The number of ether oxygens (including phenoxy) is 2. The minimum atomic E-state index is -0.363. The van der Waals surface area contributed by atoms with Gasteiger partial charge < -0.3 is 19.2 Å². The van der Waals surface area contributed by atoms with E-state index in [1.165, 1.54) is 19.8 Å². The molecule has 0 radical (unpaired) electrons. The first-order chi connectivity index (χ1) is 16.4. The summed E-state index contributed by atoms with van der Waals surface area (Å²) in [7, 11) is 3.05. The number of hydrogen-bond donors (Lipinski definition) is 2. The molecular formula is C26H25N3O4S. The zero-order valence-electron chi connectivity index (χ0n) is 19.4. The highest BCUT2D eigenvalue weighted by molar-refractivity contribution is 7.80. The molecule has 0 aliphatic rings. The van der Waals surface area contributed by atoms with Crippen LogP contribution in [0.15, 0.2) is 59.0 Å².